The predicted molar refractivity (Wildman–Crippen MR) is 135 cm³/mol. The number of ether oxygens (including phenoxy) is 1. The zero-order chi connectivity index (χ0) is 28.8. The van der Waals surface area contributed by atoms with Crippen LogP contribution in [0.4, 0.5) is 25.0 Å². The quantitative estimate of drug-likeness (QED) is 0.247. The summed E-state index contributed by atoms with van der Waals surface area (Å²) in [5.41, 5.74) is -0.495. The number of aliphatic hydroxyl groups excluding tert-OH is 2. The van der Waals surface area contributed by atoms with Crippen molar-refractivity contribution in [2.75, 3.05) is 30.4 Å². The Morgan fingerprint density at radius 1 is 1.15 bits per heavy atom. The summed E-state index contributed by atoms with van der Waals surface area (Å²) in [6, 6.07) is 2.61. The maximum atomic E-state index is 13.9. The summed E-state index contributed by atoms with van der Waals surface area (Å²) in [6.07, 6.45) is -7.59. The Kier molecular flexibility index (Phi) is 7.24. The lowest BCUT2D eigenvalue weighted by atomic mass is 10.1. The molecule has 3 aromatic heterocycles. The maximum absolute atomic E-state index is 13.9. The summed E-state index contributed by atoms with van der Waals surface area (Å²) in [5, 5.41) is 26.1. The molecule has 0 radical (unpaired) electrons. The molecule has 4 N–H and O–H groups in total. The van der Waals surface area contributed by atoms with Crippen LogP contribution in [0, 0.1) is 0 Å². The molecule has 214 valence electrons. The molecule has 4 aromatic rings. The molecule has 1 aliphatic heterocycles. The van der Waals surface area contributed by atoms with Gasteiger partial charge in [-0.1, -0.05) is 0 Å². The molecule has 4 atom stereocenters. The number of carbonyl (C=O) groups excluding carboxylic acids is 1. The second-order valence-corrected chi connectivity index (χ2v) is 9.10. The minimum absolute atomic E-state index is 0.0640. The summed E-state index contributed by atoms with van der Waals surface area (Å²) < 4.78 is 54.2. The molecule has 5 rings (SSSR count). The highest BCUT2D eigenvalue weighted by atomic mass is 19.4. The number of anilines is 2. The molecule has 40 heavy (non-hydrogen) atoms. The van der Waals surface area contributed by atoms with Crippen molar-refractivity contribution in [3.05, 3.63) is 35.9 Å². The summed E-state index contributed by atoms with van der Waals surface area (Å²) >= 11 is 0. The number of aliphatic hydroxyl groups is 2. The highest BCUT2D eigenvalue weighted by Gasteiger charge is 2.47. The number of benzene rings is 1. The number of halogens is 3. The number of rotatable bonds is 8. The number of amides is 1. The average molecular weight is 565 g/mol. The predicted octanol–water partition coefficient (Wildman–Crippen LogP) is 1.81. The number of nitrogens with one attached hydrogen (secondary N) is 2. The molecule has 0 spiro atoms. The van der Waals surface area contributed by atoms with E-state index in [1.165, 1.54) is 30.3 Å². The number of hydrogen-bond donors (Lipinski definition) is 4. The molecule has 16 heteroatoms. The van der Waals surface area contributed by atoms with Crippen LogP contribution < -0.4 is 15.5 Å². The van der Waals surface area contributed by atoms with Gasteiger partial charge in [0.15, 0.2) is 34.9 Å². The minimum Gasteiger partial charge on any atom is -0.423 e. The SMILES string of the molecule is CCN(CC)c1nc2cc(CNc3ncnc4c3ncn4[C@@H]3O[C@H](C(=O)NC)[C@@H](O)[C@H]3O)cc(C(F)(F)F)c2o1. The molecule has 0 bridgehead atoms. The zero-order valence-corrected chi connectivity index (χ0v) is 21.7. The third-order valence-electron chi connectivity index (χ3n) is 6.71. The Hall–Kier alpha value is -4.02. The van der Waals surface area contributed by atoms with Gasteiger partial charge in [-0.3, -0.25) is 9.36 Å². The fourth-order valence-corrected chi connectivity index (χ4v) is 4.62. The molecule has 0 unspecified atom stereocenters. The van der Waals surface area contributed by atoms with Crippen molar-refractivity contribution in [3.8, 4) is 0 Å². The van der Waals surface area contributed by atoms with E-state index >= 15 is 0 Å². The van der Waals surface area contributed by atoms with E-state index < -0.39 is 42.2 Å². The number of fused-ring (bicyclic) bond motifs is 2. The Morgan fingerprint density at radius 2 is 1.90 bits per heavy atom. The van der Waals surface area contributed by atoms with Crippen LogP contribution in [0.3, 0.4) is 0 Å². The number of aromatic nitrogens is 5. The molecule has 1 saturated heterocycles. The third-order valence-corrected chi connectivity index (χ3v) is 6.71. The second-order valence-electron chi connectivity index (χ2n) is 9.10. The van der Waals surface area contributed by atoms with E-state index in [1.807, 2.05) is 13.8 Å². The largest absolute Gasteiger partial charge is 0.423 e. The number of likely N-dealkylation sites (N-methyl/N-ethyl adjacent to an activating group) is 1. The minimum atomic E-state index is -4.67. The summed E-state index contributed by atoms with van der Waals surface area (Å²) in [7, 11) is 1.37. The van der Waals surface area contributed by atoms with Gasteiger partial charge in [-0.15, -0.1) is 0 Å². The molecular formula is C24H27F3N8O5. The fourth-order valence-electron chi connectivity index (χ4n) is 4.62. The van der Waals surface area contributed by atoms with Crippen LogP contribution in [0.2, 0.25) is 0 Å². The Morgan fingerprint density at radius 3 is 2.58 bits per heavy atom. The van der Waals surface area contributed by atoms with Crippen LogP contribution in [0.25, 0.3) is 22.3 Å². The monoisotopic (exact) mass is 564 g/mol. The van der Waals surface area contributed by atoms with Gasteiger partial charge in [-0.2, -0.15) is 18.2 Å². The first-order valence-electron chi connectivity index (χ1n) is 12.5. The van der Waals surface area contributed by atoms with Gasteiger partial charge in [0, 0.05) is 26.7 Å². The third kappa shape index (κ3) is 4.77. The van der Waals surface area contributed by atoms with E-state index in [-0.39, 0.29) is 46.2 Å². The molecule has 0 saturated carbocycles. The first-order valence-corrected chi connectivity index (χ1v) is 12.5. The Balaban J connectivity index is 1.44. The second kappa shape index (κ2) is 10.5. The smallest absolute Gasteiger partial charge is 0.420 e. The molecule has 4 heterocycles. The van der Waals surface area contributed by atoms with Crippen LogP contribution in [0.15, 0.2) is 29.2 Å². The van der Waals surface area contributed by atoms with Crippen LogP contribution in [-0.4, -0.2) is 79.1 Å². The number of nitrogens with zero attached hydrogens (tertiary/aromatic N) is 6. The maximum Gasteiger partial charge on any atom is 0.420 e. The van der Waals surface area contributed by atoms with E-state index in [0.29, 0.717) is 13.1 Å². The van der Waals surface area contributed by atoms with Gasteiger partial charge in [-0.25, -0.2) is 15.0 Å². The normalized spacial score (nSPS) is 21.3. The summed E-state index contributed by atoms with van der Waals surface area (Å²) in [4.78, 5) is 30.6. The number of alkyl halides is 3. The van der Waals surface area contributed by atoms with Crippen LogP contribution >= 0.6 is 0 Å². The van der Waals surface area contributed by atoms with E-state index in [1.54, 1.807) is 4.90 Å². The van der Waals surface area contributed by atoms with Gasteiger partial charge in [0.05, 0.1) is 6.33 Å². The van der Waals surface area contributed by atoms with Gasteiger partial charge in [0.1, 0.15) is 29.6 Å². The zero-order valence-electron chi connectivity index (χ0n) is 21.7. The molecule has 13 nitrogen and oxygen atoms in total. The van der Waals surface area contributed by atoms with E-state index in [0.717, 1.165) is 6.07 Å². The summed E-state index contributed by atoms with van der Waals surface area (Å²) in [6.45, 7) is 4.67. The molecule has 1 aromatic carbocycles. The highest BCUT2D eigenvalue weighted by molar-refractivity contribution is 5.84. The van der Waals surface area contributed by atoms with Gasteiger partial charge in [0.2, 0.25) is 0 Å². The van der Waals surface area contributed by atoms with Crippen molar-refractivity contribution >= 4 is 40.0 Å². The van der Waals surface area contributed by atoms with Crippen molar-refractivity contribution in [2.24, 2.45) is 0 Å². The van der Waals surface area contributed by atoms with E-state index in [9.17, 15) is 28.2 Å². The standard InChI is InChI=1S/C24H27F3N8O5/c1-4-34(5-2)23-33-13-7-11(6-12(17(13)40-23)24(25,26)27)8-29-19-14-20(31-9-30-19)35(10-32-14)22-16(37)15(36)18(39-22)21(38)28-3/h6-7,9-10,15-16,18,22,36-37H,4-5,8H2,1-3H3,(H,28,38)(H,29,30,31)/t15-,16+,18-,22+/m0/s1. The van der Waals surface area contributed by atoms with Crippen molar-refractivity contribution in [1.82, 2.24) is 29.8 Å². The fraction of sp³-hybridized carbons (Fsp3) is 0.458. The van der Waals surface area contributed by atoms with E-state index in [4.69, 9.17) is 9.15 Å². The van der Waals surface area contributed by atoms with Crippen LogP contribution in [0.1, 0.15) is 31.2 Å². The van der Waals surface area contributed by atoms with Gasteiger partial charge in [0.25, 0.3) is 11.9 Å². The lowest BCUT2D eigenvalue weighted by Gasteiger charge is -2.16. The van der Waals surface area contributed by atoms with Crippen LogP contribution in [-0.2, 0) is 22.3 Å². The lowest BCUT2D eigenvalue weighted by Crippen LogP contribution is -2.41. The van der Waals surface area contributed by atoms with Crippen molar-refractivity contribution in [3.63, 3.8) is 0 Å². The van der Waals surface area contributed by atoms with Crippen molar-refractivity contribution in [2.45, 2.75) is 51.1 Å². The topological polar surface area (TPSA) is 164 Å². The van der Waals surface area contributed by atoms with Gasteiger partial charge in [-0.05, 0) is 31.5 Å². The highest BCUT2D eigenvalue weighted by Crippen LogP contribution is 2.38. The first-order chi connectivity index (χ1) is 19.1. The Labute approximate surface area is 225 Å². The van der Waals surface area contributed by atoms with Crippen LogP contribution in [0.5, 0.6) is 0 Å². The van der Waals surface area contributed by atoms with Gasteiger partial charge >= 0.3 is 6.18 Å². The molecule has 1 amide bonds. The summed E-state index contributed by atoms with van der Waals surface area (Å²) in [5.74, 6) is -0.403. The number of oxazole rings is 1. The number of hydrogen-bond acceptors (Lipinski definition) is 11. The van der Waals surface area contributed by atoms with Crippen molar-refractivity contribution in [1.29, 1.82) is 0 Å². The molecule has 0 aliphatic carbocycles. The van der Waals surface area contributed by atoms with Gasteiger partial charge < -0.3 is 34.9 Å². The molecular weight excluding hydrogens is 537 g/mol. The number of carbonyl (C=O) groups is 1. The van der Waals surface area contributed by atoms with E-state index in [2.05, 4.69) is 30.6 Å². The van der Waals surface area contributed by atoms with Crippen molar-refractivity contribution < 1.29 is 37.3 Å². The molecule has 1 fully saturated rings. The average Bonchev–Trinajstić information content (AvgIpc) is 3.63. The number of imidazole rings is 1. The Bertz CT molecular complexity index is 1540. The first kappa shape index (κ1) is 27.5. The molecule has 1 aliphatic rings. The lowest BCUT2D eigenvalue weighted by molar-refractivity contribution is -0.137.